The molecule has 1 rings (SSSR count). The summed E-state index contributed by atoms with van der Waals surface area (Å²) in [6.07, 6.45) is 3.56. The number of halogens is 4. The maximum absolute atomic E-state index is 5.92. The number of hydrogen-bond donors (Lipinski definition) is 0. The normalized spacial score (nSPS) is 11.1. The summed E-state index contributed by atoms with van der Waals surface area (Å²) in [7, 11) is 0. The van der Waals surface area contributed by atoms with E-state index in [-0.39, 0.29) is 0 Å². The number of rotatable bonds is 2. The highest BCUT2D eigenvalue weighted by Crippen LogP contribution is 2.30. The largest absolute Gasteiger partial charge is 0.122 e. The molecule has 0 saturated carbocycles. The average molecular weight is 256 g/mol. The fraction of sp³-hybridized carbons (Fsp3) is 0.111. The van der Waals surface area contributed by atoms with Crippen molar-refractivity contribution in [3.63, 3.8) is 0 Å². The highest BCUT2D eigenvalue weighted by atomic mass is 35.5. The molecule has 0 heterocycles. The van der Waals surface area contributed by atoms with Crippen LogP contribution < -0.4 is 0 Å². The lowest BCUT2D eigenvalue weighted by Crippen LogP contribution is -1.78. The van der Waals surface area contributed by atoms with Crippen LogP contribution in [0.15, 0.2) is 18.2 Å². The molecule has 0 atom stereocenters. The summed E-state index contributed by atoms with van der Waals surface area (Å²) < 4.78 is 0. The molecule has 0 aromatic heterocycles. The van der Waals surface area contributed by atoms with E-state index in [9.17, 15) is 0 Å². The topological polar surface area (TPSA) is 0 Å². The van der Waals surface area contributed by atoms with E-state index >= 15 is 0 Å². The van der Waals surface area contributed by atoms with Crippen molar-refractivity contribution in [3.8, 4) is 0 Å². The third-order valence-electron chi connectivity index (χ3n) is 1.41. The molecule has 0 nitrogen and oxygen atoms in total. The van der Waals surface area contributed by atoms with E-state index in [0.29, 0.717) is 20.9 Å². The van der Waals surface area contributed by atoms with Gasteiger partial charge in [0.1, 0.15) is 0 Å². The van der Waals surface area contributed by atoms with Gasteiger partial charge in [-0.05, 0) is 17.7 Å². The third kappa shape index (κ3) is 3.07. The van der Waals surface area contributed by atoms with Crippen molar-refractivity contribution in [2.75, 3.05) is 5.88 Å². The molecule has 1 aromatic carbocycles. The summed E-state index contributed by atoms with van der Waals surface area (Å²) in [4.78, 5) is 0. The second kappa shape index (κ2) is 5.11. The summed E-state index contributed by atoms with van der Waals surface area (Å²) in [6.45, 7) is 0. The molecule has 0 amide bonds. The van der Waals surface area contributed by atoms with Crippen LogP contribution in [0.2, 0.25) is 15.1 Å². The Labute approximate surface area is 97.0 Å². The molecule has 0 aliphatic rings. The summed E-state index contributed by atoms with van der Waals surface area (Å²) in [6, 6.07) is 3.34. The molecule has 0 aliphatic carbocycles. The molecular weight excluding hydrogens is 250 g/mol. The van der Waals surface area contributed by atoms with Gasteiger partial charge in [0.25, 0.3) is 0 Å². The Hall–Kier alpha value is 0.120. The van der Waals surface area contributed by atoms with Gasteiger partial charge in [-0.1, -0.05) is 47.0 Å². The van der Waals surface area contributed by atoms with Crippen LogP contribution in [0.25, 0.3) is 6.08 Å². The first-order valence-corrected chi connectivity index (χ1v) is 5.19. The van der Waals surface area contributed by atoms with E-state index < -0.39 is 0 Å². The van der Waals surface area contributed by atoms with Gasteiger partial charge in [0.05, 0.1) is 10.0 Å². The smallest absolute Gasteiger partial charge is 0.0665 e. The number of benzene rings is 1. The quantitative estimate of drug-likeness (QED) is 0.521. The molecule has 4 heteroatoms. The number of alkyl halides is 1. The molecule has 13 heavy (non-hydrogen) atoms. The zero-order chi connectivity index (χ0) is 9.84. The van der Waals surface area contributed by atoms with Crippen LogP contribution in [0.1, 0.15) is 5.56 Å². The first-order chi connectivity index (χ1) is 6.15. The van der Waals surface area contributed by atoms with Crippen molar-refractivity contribution in [2.24, 2.45) is 0 Å². The number of hydrogen-bond acceptors (Lipinski definition) is 0. The van der Waals surface area contributed by atoms with Crippen LogP contribution in [-0.2, 0) is 0 Å². The lowest BCUT2D eigenvalue weighted by molar-refractivity contribution is 1.64. The van der Waals surface area contributed by atoms with Gasteiger partial charge in [0.15, 0.2) is 0 Å². The first kappa shape index (κ1) is 11.2. The third-order valence-corrected chi connectivity index (χ3v) is 2.62. The minimum Gasteiger partial charge on any atom is -0.122 e. The second-order valence-corrected chi connectivity index (χ2v) is 3.88. The molecule has 0 saturated heterocycles. The predicted molar refractivity (Wildman–Crippen MR) is 61.2 cm³/mol. The van der Waals surface area contributed by atoms with E-state index in [4.69, 9.17) is 46.4 Å². The molecule has 0 spiro atoms. The minimum atomic E-state index is 0.431. The molecule has 0 radical (unpaired) electrons. The van der Waals surface area contributed by atoms with Gasteiger partial charge >= 0.3 is 0 Å². The maximum Gasteiger partial charge on any atom is 0.0665 e. The zero-order valence-corrected chi connectivity index (χ0v) is 9.55. The number of allylic oxidation sites excluding steroid dienone is 1. The van der Waals surface area contributed by atoms with Crippen LogP contribution >= 0.6 is 46.4 Å². The van der Waals surface area contributed by atoms with Crippen LogP contribution in [0.4, 0.5) is 0 Å². The Balaban J connectivity index is 3.12. The fourth-order valence-corrected chi connectivity index (χ4v) is 1.64. The van der Waals surface area contributed by atoms with Crippen LogP contribution in [0.5, 0.6) is 0 Å². The van der Waals surface area contributed by atoms with Gasteiger partial charge in [-0.25, -0.2) is 0 Å². The average Bonchev–Trinajstić information content (AvgIpc) is 2.09. The molecule has 0 fully saturated rings. The molecule has 0 aliphatic heterocycles. The monoisotopic (exact) mass is 254 g/mol. The highest BCUT2D eigenvalue weighted by molar-refractivity contribution is 6.44. The molecule has 70 valence electrons. The summed E-state index contributed by atoms with van der Waals surface area (Å²) >= 11 is 23.0. The highest BCUT2D eigenvalue weighted by Gasteiger charge is 2.03. The van der Waals surface area contributed by atoms with Crippen molar-refractivity contribution in [2.45, 2.75) is 0 Å². The summed E-state index contributed by atoms with van der Waals surface area (Å²) in [5.41, 5.74) is 0.778. The summed E-state index contributed by atoms with van der Waals surface area (Å²) in [5.74, 6) is 0.431. The maximum atomic E-state index is 5.92. The molecular formula is C9H6Cl4. The van der Waals surface area contributed by atoms with Gasteiger partial charge in [-0.2, -0.15) is 0 Å². The zero-order valence-electron chi connectivity index (χ0n) is 6.53. The van der Waals surface area contributed by atoms with Crippen molar-refractivity contribution in [3.05, 3.63) is 38.8 Å². The Morgan fingerprint density at radius 2 is 1.85 bits per heavy atom. The first-order valence-electron chi connectivity index (χ1n) is 3.52. The summed E-state index contributed by atoms with van der Waals surface area (Å²) in [5, 5.41) is 1.50. The van der Waals surface area contributed by atoms with Crippen LogP contribution in [0, 0.1) is 0 Å². The van der Waals surface area contributed by atoms with Gasteiger partial charge in [-0.15, -0.1) is 11.6 Å². The van der Waals surface area contributed by atoms with E-state index in [1.807, 2.05) is 0 Å². The Kier molecular flexibility index (Phi) is 4.40. The van der Waals surface area contributed by atoms with Crippen molar-refractivity contribution >= 4 is 52.5 Å². The van der Waals surface area contributed by atoms with E-state index in [2.05, 4.69) is 0 Å². The predicted octanol–water partition coefficient (Wildman–Crippen LogP) is 4.90. The van der Waals surface area contributed by atoms with Crippen molar-refractivity contribution in [1.82, 2.24) is 0 Å². The lowest BCUT2D eigenvalue weighted by Gasteiger charge is -2.01. The lowest BCUT2D eigenvalue weighted by atomic mass is 10.2. The van der Waals surface area contributed by atoms with Crippen LogP contribution in [0.3, 0.4) is 0 Å². The van der Waals surface area contributed by atoms with Gasteiger partial charge < -0.3 is 0 Å². The fourth-order valence-electron chi connectivity index (χ4n) is 0.869. The van der Waals surface area contributed by atoms with Crippen LogP contribution in [-0.4, -0.2) is 5.88 Å². The molecule has 0 unspecified atom stereocenters. The Morgan fingerprint density at radius 3 is 2.46 bits per heavy atom. The Bertz CT molecular complexity index is 331. The SMILES string of the molecule is ClCC=Cc1cc(Cl)cc(Cl)c1Cl. The van der Waals surface area contributed by atoms with E-state index in [1.165, 1.54) is 0 Å². The minimum absolute atomic E-state index is 0.431. The molecule has 0 bridgehead atoms. The van der Waals surface area contributed by atoms with E-state index in [1.54, 1.807) is 24.3 Å². The van der Waals surface area contributed by atoms with Gasteiger partial charge in [0.2, 0.25) is 0 Å². The molecule has 1 aromatic rings. The van der Waals surface area contributed by atoms with Gasteiger partial charge in [0, 0.05) is 10.9 Å². The van der Waals surface area contributed by atoms with Crippen molar-refractivity contribution in [1.29, 1.82) is 0 Å². The standard InChI is InChI=1S/C9H6Cl4/c10-3-1-2-6-4-7(11)5-8(12)9(6)13/h1-2,4-5H,3H2. The van der Waals surface area contributed by atoms with E-state index in [0.717, 1.165) is 5.56 Å². The van der Waals surface area contributed by atoms with Gasteiger partial charge in [-0.3, -0.25) is 0 Å². The second-order valence-electron chi connectivity index (χ2n) is 2.35. The Morgan fingerprint density at radius 1 is 1.15 bits per heavy atom. The van der Waals surface area contributed by atoms with Crippen molar-refractivity contribution < 1.29 is 0 Å². The molecule has 0 N–H and O–H groups in total.